The summed E-state index contributed by atoms with van der Waals surface area (Å²) >= 11 is 0. The molecule has 0 unspecified atom stereocenters. The highest BCUT2D eigenvalue weighted by Crippen LogP contribution is 2.10. The standard InChI is InChI=1S/C8H9NO4/c10-8(7-4-12-5-9-7)13-6-1-2-11-3-6/h4-6H,1-3H2/t6-/m1/s1. The van der Waals surface area contributed by atoms with Gasteiger partial charge in [-0.3, -0.25) is 0 Å². The fourth-order valence-electron chi connectivity index (χ4n) is 1.13. The molecule has 0 bridgehead atoms. The van der Waals surface area contributed by atoms with Gasteiger partial charge in [-0.1, -0.05) is 0 Å². The second-order valence-corrected chi connectivity index (χ2v) is 2.76. The maximum Gasteiger partial charge on any atom is 0.360 e. The van der Waals surface area contributed by atoms with E-state index in [2.05, 4.69) is 9.40 Å². The molecule has 1 saturated heterocycles. The first-order valence-corrected chi connectivity index (χ1v) is 4.03. The minimum Gasteiger partial charge on any atom is -0.455 e. The van der Waals surface area contributed by atoms with Crippen molar-refractivity contribution in [1.82, 2.24) is 4.98 Å². The van der Waals surface area contributed by atoms with Crippen LogP contribution in [-0.2, 0) is 9.47 Å². The highest BCUT2D eigenvalue weighted by molar-refractivity contribution is 5.86. The summed E-state index contributed by atoms with van der Waals surface area (Å²) in [4.78, 5) is 14.9. The topological polar surface area (TPSA) is 61.6 Å². The zero-order chi connectivity index (χ0) is 9.10. The predicted molar refractivity (Wildman–Crippen MR) is 41.1 cm³/mol. The average Bonchev–Trinajstić information content (AvgIpc) is 2.74. The van der Waals surface area contributed by atoms with Gasteiger partial charge in [0.05, 0.1) is 13.2 Å². The van der Waals surface area contributed by atoms with Crippen molar-refractivity contribution in [2.24, 2.45) is 0 Å². The van der Waals surface area contributed by atoms with Gasteiger partial charge >= 0.3 is 5.97 Å². The predicted octanol–water partition coefficient (Wildman–Crippen LogP) is 0.620. The van der Waals surface area contributed by atoms with Gasteiger partial charge in [-0.2, -0.15) is 0 Å². The van der Waals surface area contributed by atoms with Crippen molar-refractivity contribution in [1.29, 1.82) is 0 Å². The van der Waals surface area contributed by atoms with Crippen LogP contribution in [0.1, 0.15) is 16.9 Å². The van der Waals surface area contributed by atoms with E-state index < -0.39 is 5.97 Å². The second kappa shape index (κ2) is 3.57. The first kappa shape index (κ1) is 8.25. The maximum atomic E-state index is 11.3. The van der Waals surface area contributed by atoms with E-state index in [1.165, 1.54) is 12.7 Å². The number of aromatic nitrogens is 1. The number of ether oxygens (including phenoxy) is 2. The van der Waals surface area contributed by atoms with Gasteiger partial charge < -0.3 is 13.9 Å². The van der Waals surface area contributed by atoms with Gasteiger partial charge in [-0.25, -0.2) is 9.78 Å². The molecule has 1 fully saturated rings. The van der Waals surface area contributed by atoms with Crippen molar-refractivity contribution in [3.8, 4) is 0 Å². The van der Waals surface area contributed by atoms with E-state index in [9.17, 15) is 4.79 Å². The van der Waals surface area contributed by atoms with Crippen LogP contribution in [0.15, 0.2) is 17.1 Å². The molecule has 1 aromatic heterocycles. The fraction of sp³-hybridized carbons (Fsp3) is 0.500. The third-order valence-electron chi connectivity index (χ3n) is 1.80. The number of hydrogen-bond donors (Lipinski definition) is 0. The van der Waals surface area contributed by atoms with E-state index in [0.717, 1.165) is 6.42 Å². The molecule has 13 heavy (non-hydrogen) atoms. The molecule has 2 heterocycles. The Morgan fingerprint density at radius 1 is 1.69 bits per heavy atom. The molecule has 0 aromatic carbocycles. The Labute approximate surface area is 74.7 Å². The number of esters is 1. The Morgan fingerprint density at radius 2 is 2.62 bits per heavy atom. The lowest BCUT2D eigenvalue weighted by Gasteiger charge is -2.07. The number of carbonyl (C=O) groups is 1. The maximum absolute atomic E-state index is 11.3. The highest BCUT2D eigenvalue weighted by Gasteiger charge is 2.21. The molecule has 0 radical (unpaired) electrons. The zero-order valence-corrected chi connectivity index (χ0v) is 6.93. The molecule has 1 aliphatic heterocycles. The van der Waals surface area contributed by atoms with Crippen molar-refractivity contribution in [2.45, 2.75) is 12.5 Å². The molecule has 0 spiro atoms. The quantitative estimate of drug-likeness (QED) is 0.629. The minimum absolute atomic E-state index is 0.135. The molecule has 0 aliphatic carbocycles. The van der Waals surface area contributed by atoms with Crippen LogP contribution < -0.4 is 0 Å². The van der Waals surface area contributed by atoms with Crippen molar-refractivity contribution in [3.05, 3.63) is 18.4 Å². The third kappa shape index (κ3) is 1.86. The Kier molecular flexibility index (Phi) is 2.27. The van der Waals surface area contributed by atoms with Gasteiger partial charge in [0.2, 0.25) is 0 Å². The van der Waals surface area contributed by atoms with Gasteiger partial charge in [0, 0.05) is 6.42 Å². The summed E-state index contributed by atoms with van der Waals surface area (Å²) in [6, 6.07) is 0. The fourth-order valence-corrected chi connectivity index (χ4v) is 1.13. The second-order valence-electron chi connectivity index (χ2n) is 2.76. The van der Waals surface area contributed by atoms with Gasteiger partial charge in [0.1, 0.15) is 12.4 Å². The van der Waals surface area contributed by atoms with Gasteiger partial charge in [-0.15, -0.1) is 0 Å². The van der Waals surface area contributed by atoms with Crippen LogP contribution in [0.4, 0.5) is 0 Å². The van der Waals surface area contributed by atoms with Crippen molar-refractivity contribution < 1.29 is 18.7 Å². The summed E-state index contributed by atoms with van der Waals surface area (Å²) in [6.07, 6.45) is 3.08. The lowest BCUT2D eigenvalue weighted by Crippen LogP contribution is -2.18. The molecule has 5 nitrogen and oxygen atoms in total. The molecule has 0 amide bonds. The van der Waals surface area contributed by atoms with Crippen LogP contribution in [0, 0.1) is 0 Å². The zero-order valence-electron chi connectivity index (χ0n) is 6.93. The molecule has 1 aromatic rings. The number of rotatable bonds is 2. The summed E-state index contributed by atoms with van der Waals surface area (Å²) in [5.41, 5.74) is 0.201. The minimum atomic E-state index is -0.454. The summed E-state index contributed by atoms with van der Waals surface area (Å²) < 4.78 is 14.8. The summed E-state index contributed by atoms with van der Waals surface area (Å²) in [7, 11) is 0. The van der Waals surface area contributed by atoms with Crippen molar-refractivity contribution >= 4 is 5.97 Å². The van der Waals surface area contributed by atoms with E-state index in [1.54, 1.807) is 0 Å². The van der Waals surface area contributed by atoms with Crippen LogP contribution in [0.3, 0.4) is 0 Å². The van der Waals surface area contributed by atoms with Crippen molar-refractivity contribution in [2.75, 3.05) is 13.2 Å². The first-order chi connectivity index (χ1) is 6.36. The summed E-state index contributed by atoms with van der Waals surface area (Å²) in [5, 5.41) is 0. The van der Waals surface area contributed by atoms with E-state index in [4.69, 9.17) is 9.47 Å². The van der Waals surface area contributed by atoms with Crippen LogP contribution in [0.25, 0.3) is 0 Å². The lowest BCUT2D eigenvalue weighted by molar-refractivity contribution is 0.0264. The normalized spacial score (nSPS) is 21.7. The van der Waals surface area contributed by atoms with E-state index in [1.807, 2.05) is 0 Å². The third-order valence-corrected chi connectivity index (χ3v) is 1.80. The van der Waals surface area contributed by atoms with Crippen LogP contribution >= 0.6 is 0 Å². The largest absolute Gasteiger partial charge is 0.455 e. The van der Waals surface area contributed by atoms with E-state index in [0.29, 0.717) is 13.2 Å². The van der Waals surface area contributed by atoms with Crippen LogP contribution in [0.5, 0.6) is 0 Å². The SMILES string of the molecule is O=C(O[C@@H]1CCOC1)c1cocn1. The molecular weight excluding hydrogens is 174 g/mol. The molecule has 1 atom stereocenters. The molecule has 2 rings (SSSR count). The average molecular weight is 183 g/mol. The van der Waals surface area contributed by atoms with Gasteiger partial charge in [0.25, 0.3) is 0 Å². The van der Waals surface area contributed by atoms with E-state index in [-0.39, 0.29) is 11.8 Å². The Morgan fingerprint density at radius 3 is 3.23 bits per heavy atom. The van der Waals surface area contributed by atoms with Crippen LogP contribution in [0.2, 0.25) is 0 Å². The monoisotopic (exact) mass is 183 g/mol. The number of nitrogens with zero attached hydrogens (tertiary/aromatic N) is 1. The number of oxazole rings is 1. The number of carbonyl (C=O) groups excluding carboxylic acids is 1. The van der Waals surface area contributed by atoms with E-state index >= 15 is 0 Å². The Bertz CT molecular complexity index is 276. The Balaban J connectivity index is 1.91. The van der Waals surface area contributed by atoms with Crippen LogP contribution in [-0.4, -0.2) is 30.3 Å². The smallest absolute Gasteiger partial charge is 0.360 e. The molecular formula is C8H9NO4. The molecule has 70 valence electrons. The summed E-state index contributed by atoms with van der Waals surface area (Å²) in [5.74, 6) is -0.454. The molecule has 0 N–H and O–H groups in total. The lowest BCUT2D eigenvalue weighted by atomic mass is 10.3. The Hall–Kier alpha value is -1.36. The number of hydrogen-bond acceptors (Lipinski definition) is 5. The highest BCUT2D eigenvalue weighted by atomic mass is 16.6. The van der Waals surface area contributed by atoms with Gasteiger partial charge in [-0.05, 0) is 0 Å². The first-order valence-electron chi connectivity index (χ1n) is 4.03. The summed E-state index contributed by atoms with van der Waals surface area (Å²) in [6.45, 7) is 1.13. The van der Waals surface area contributed by atoms with Crippen molar-refractivity contribution in [3.63, 3.8) is 0 Å². The van der Waals surface area contributed by atoms with Gasteiger partial charge in [0.15, 0.2) is 12.1 Å². The molecule has 0 saturated carbocycles. The molecule has 1 aliphatic rings. The molecule has 5 heteroatoms.